The Labute approximate surface area is 273 Å². The molecule has 4 aromatic rings. The highest BCUT2D eigenvalue weighted by molar-refractivity contribution is 9.10. The minimum atomic E-state index is -4.31. The van der Waals surface area contributed by atoms with Crippen molar-refractivity contribution in [2.45, 2.75) is 44.7 Å². The average Bonchev–Trinajstić information content (AvgIpc) is 3.01. The third kappa shape index (κ3) is 9.25. The Hall–Kier alpha value is -4.02. The minimum absolute atomic E-state index is 0.0587. The molecule has 1 atom stereocenters. The maximum absolute atomic E-state index is 14.5. The Balaban J connectivity index is 1.79. The van der Waals surface area contributed by atoms with Gasteiger partial charge >= 0.3 is 0 Å². The van der Waals surface area contributed by atoms with Crippen molar-refractivity contribution in [2.24, 2.45) is 5.92 Å². The zero-order valence-corrected chi connectivity index (χ0v) is 27.9. The summed E-state index contributed by atoms with van der Waals surface area (Å²) in [5.74, 6) is -1.30. The van der Waals surface area contributed by atoms with Crippen LogP contribution in [0.15, 0.2) is 112 Å². The normalized spacial score (nSPS) is 12.0. The van der Waals surface area contributed by atoms with Gasteiger partial charge < -0.3 is 10.2 Å². The Bertz CT molecular complexity index is 1700. The van der Waals surface area contributed by atoms with Crippen LogP contribution in [0.4, 0.5) is 10.1 Å². The van der Waals surface area contributed by atoms with Crippen LogP contribution in [0.25, 0.3) is 0 Å². The highest BCUT2D eigenvalue weighted by atomic mass is 79.9. The molecular weight excluding hydrogens is 657 g/mol. The number of sulfonamides is 1. The fourth-order valence-corrected chi connectivity index (χ4v) is 6.64. The summed E-state index contributed by atoms with van der Waals surface area (Å²) < 4.78 is 43.6. The summed E-state index contributed by atoms with van der Waals surface area (Å²) in [6.45, 7) is 5.73. The molecule has 4 aromatic carbocycles. The molecule has 7 nitrogen and oxygen atoms in total. The van der Waals surface area contributed by atoms with Crippen LogP contribution in [0.1, 0.15) is 30.5 Å². The van der Waals surface area contributed by atoms with Gasteiger partial charge in [-0.15, -0.1) is 0 Å². The van der Waals surface area contributed by atoms with Crippen LogP contribution in [-0.2, 0) is 32.6 Å². The number of carbonyl (C=O) groups excluding carboxylic acids is 2. The lowest BCUT2D eigenvalue weighted by atomic mass is 10.0. The number of benzene rings is 4. The fourth-order valence-electron chi connectivity index (χ4n) is 4.78. The van der Waals surface area contributed by atoms with E-state index in [9.17, 15) is 22.4 Å². The van der Waals surface area contributed by atoms with Crippen LogP contribution in [0.2, 0.25) is 0 Å². The zero-order chi connectivity index (χ0) is 32.6. The van der Waals surface area contributed by atoms with Crippen molar-refractivity contribution in [3.05, 3.63) is 130 Å². The molecule has 0 fully saturated rings. The largest absolute Gasteiger partial charge is 0.354 e. The Morgan fingerprint density at radius 3 is 2.13 bits per heavy atom. The molecule has 0 saturated heterocycles. The smallest absolute Gasteiger partial charge is 0.264 e. The van der Waals surface area contributed by atoms with Crippen LogP contribution < -0.4 is 9.62 Å². The molecule has 10 heteroatoms. The molecule has 0 aliphatic heterocycles. The molecule has 45 heavy (non-hydrogen) atoms. The number of nitrogens with one attached hydrogen (secondary N) is 1. The topological polar surface area (TPSA) is 86.8 Å². The van der Waals surface area contributed by atoms with Crippen LogP contribution in [0, 0.1) is 18.7 Å². The molecule has 0 heterocycles. The molecule has 0 radical (unpaired) electrons. The Kier molecular flexibility index (Phi) is 11.5. The lowest BCUT2D eigenvalue weighted by molar-refractivity contribution is -0.140. The molecule has 0 aromatic heterocycles. The van der Waals surface area contributed by atoms with Crippen LogP contribution in [-0.4, -0.2) is 44.3 Å². The van der Waals surface area contributed by atoms with Crippen LogP contribution in [0.5, 0.6) is 0 Å². The summed E-state index contributed by atoms with van der Waals surface area (Å²) in [5, 5.41) is 2.98. The highest BCUT2D eigenvalue weighted by Gasteiger charge is 2.34. The molecule has 4 rings (SSSR count). The number of amides is 2. The van der Waals surface area contributed by atoms with Crippen molar-refractivity contribution in [3.63, 3.8) is 0 Å². The predicted molar refractivity (Wildman–Crippen MR) is 179 cm³/mol. The van der Waals surface area contributed by atoms with Crippen molar-refractivity contribution in [1.29, 1.82) is 0 Å². The van der Waals surface area contributed by atoms with E-state index in [1.165, 1.54) is 17.0 Å². The molecule has 2 amide bonds. The molecule has 0 spiro atoms. The van der Waals surface area contributed by atoms with E-state index >= 15 is 0 Å². The molecule has 236 valence electrons. The van der Waals surface area contributed by atoms with Crippen LogP contribution >= 0.6 is 15.9 Å². The molecular formula is C35H37BrFN3O4S. The number of hydrogen-bond acceptors (Lipinski definition) is 4. The van der Waals surface area contributed by atoms with Crippen molar-refractivity contribution >= 4 is 43.5 Å². The van der Waals surface area contributed by atoms with Gasteiger partial charge in [-0.05, 0) is 72.5 Å². The van der Waals surface area contributed by atoms with Gasteiger partial charge in [-0.3, -0.25) is 13.9 Å². The third-order valence-electron chi connectivity index (χ3n) is 7.20. The summed E-state index contributed by atoms with van der Waals surface area (Å²) in [7, 11) is -4.31. The fraction of sp³-hybridized carbons (Fsp3) is 0.257. The van der Waals surface area contributed by atoms with Crippen molar-refractivity contribution in [2.75, 3.05) is 17.4 Å². The van der Waals surface area contributed by atoms with E-state index in [4.69, 9.17) is 0 Å². The van der Waals surface area contributed by atoms with Crippen molar-refractivity contribution in [1.82, 2.24) is 10.2 Å². The first-order valence-corrected chi connectivity index (χ1v) is 16.9. The zero-order valence-electron chi connectivity index (χ0n) is 25.5. The maximum atomic E-state index is 14.5. The van der Waals surface area contributed by atoms with E-state index in [1.54, 1.807) is 24.3 Å². The van der Waals surface area contributed by atoms with Gasteiger partial charge in [0.05, 0.1) is 10.6 Å². The molecule has 0 aliphatic carbocycles. The second-order valence-corrected chi connectivity index (χ2v) is 14.1. The second kappa shape index (κ2) is 15.3. The average molecular weight is 695 g/mol. The van der Waals surface area contributed by atoms with E-state index < -0.39 is 34.3 Å². The first-order chi connectivity index (χ1) is 21.4. The van der Waals surface area contributed by atoms with Crippen molar-refractivity contribution in [3.8, 4) is 0 Å². The second-order valence-electron chi connectivity index (χ2n) is 11.3. The summed E-state index contributed by atoms with van der Waals surface area (Å²) in [6.07, 6.45) is 0.222. The number of nitrogens with zero attached hydrogens (tertiary/aromatic N) is 2. The molecule has 0 unspecified atom stereocenters. The van der Waals surface area contributed by atoms with Gasteiger partial charge in [0, 0.05) is 24.0 Å². The number of anilines is 1. The van der Waals surface area contributed by atoms with Gasteiger partial charge in [0.2, 0.25) is 11.8 Å². The molecule has 0 aliphatic rings. The molecule has 0 saturated carbocycles. The standard InChI is InChI=1S/C35H37BrFN3O4S/c1-25(2)22-38-35(42)33(21-27-8-5-4-6-9-27)39(23-28-10-7-11-29(36)20-28)34(41)24-40(31-16-12-26(3)13-17-31)45(43,44)32-18-14-30(37)15-19-32/h4-20,25,33H,21-24H2,1-3H3,(H,38,42)/t33-/m0/s1. The van der Waals surface area contributed by atoms with Gasteiger partial charge in [-0.1, -0.05) is 89.9 Å². The van der Waals surface area contributed by atoms with Gasteiger partial charge in [0.15, 0.2) is 0 Å². The van der Waals surface area contributed by atoms with E-state index in [1.807, 2.05) is 75.4 Å². The highest BCUT2D eigenvalue weighted by Crippen LogP contribution is 2.26. The summed E-state index contributed by atoms with van der Waals surface area (Å²) >= 11 is 3.49. The number of rotatable bonds is 13. The first kappa shape index (κ1) is 33.9. The predicted octanol–water partition coefficient (Wildman–Crippen LogP) is 6.50. The summed E-state index contributed by atoms with van der Waals surface area (Å²) in [6, 6.07) is 27.1. The maximum Gasteiger partial charge on any atom is 0.264 e. The summed E-state index contributed by atoms with van der Waals surface area (Å²) in [4.78, 5) is 29.6. The Morgan fingerprint density at radius 1 is 0.867 bits per heavy atom. The van der Waals surface area contributed by atoms with Gasteiger partial charge in [0.25, 0.3) is 10.0 Å². The number of hydrogen-bond donors (Lipinski definition) is 1. The SMILES string of the molecule is Cc1ccc(N(CC(=O)N(Cc2cccc(Br)c2)[C@@H](Cc2ccccc2)C(=O)NCC(C)C)S(=O)(=O)c2ccc(F)cc2)cc1. The quantitative estimate of drug-likeness (QED) is 0.173. The summed E-state index contributed by atoms with van der Waals surface area (Å²) in [5.41, 5.74) is 2.79. The molecule has 1 N–H and O–H groups in total. The monoisotopic (exact) mass is 693 g/mol. The van der Waals surface area contributed by atoms with E-state index in [0.29, 0.717) is 6.54 Å². The lowest BCUT2D eigenvalue weighted by Gasteiger charge is -2.34. The van der Waals surface area contributed by atoms with E-state index in [-0.39, 0.29) is 35.4 Å². The number of aryl methyl sites for hydroxylation is 1. The van der Waals surface area contributed by atoms with Crippen molar-refractivity contribution < 1.29 is 22.4 Å². The first-order valence-electron chi connectivity index (χ1n) is 14.6. The van der Waals surface area contributed by atoms with E-state index in [0.717, 1.165) is 37.6 Å². The van der Waals surface area contributed by atoms with Gasteiger partial charge in [-0.25, -0.2) is 12.8 Å². The lowest BCUT2D eigenvalue weighted by Crippen LogP contribution is -2.53. The van der Waals surface area contributed by atoms with Gasteiger partial charge in [-0.2, -0.15) is 0 Å². The van der Waals surface area contributed by atoms with Gasteiger partial charge in [0.1, 0.15) is 18.4 Å². The number of halogens is 2. The minimum Gasteiger partial charge on any atom is -0.354 e. The number of carbonyl (C=O) groups is 2. The Morgan fingerprint density at radius 2 is 1.51 bits per heavy atom. The van der Waals surface area contributed by atoms with Crippen LogP contribution in [0.3, 0.4) is 0 Å². The molecule has 0 bridgehead atoms. The third-order valence-corrected chi connectivity index (χ3v) is 9.48. The van der Waals surface area contributed by atoms with E-state index in [2.05, 4.69) is 21.2 Å².